The highest BCUT2D eigenvalue weighted by molar-refractivity contribution is 14.0. The van der Waals surface area contributed by atoms with E-state index in [1.54, 1.807) is 0 Å². The van der Waals surface area contributed by atoms with Crippen molar-refractivity contribution in [3.63, 3.8) is 0 Å². The maximum absolute atomic E-state index is 11.6. The number of benzene rings is 2. The first kappa shape index (κ1) is 24.7. The summed E-state index contributed by atoms with van der Waals surface area (Å²) in [5, 5.41) is 6.69. The smallest absolute Gasteiger partial charge is 0.191 e. The first-order valence-electron chi connectivity index (χ1n) is 10.4. The third-order valence-electron chi connectivity index (χ3n) is 5.31. The molecule has 1 fully saturated rings. The zero-order valence-corrected chi connectivity index (χ0v) is 20.6. The van der Waals surface area contributed by atoms with Gasteiger partial charge in [0, 0.05) is 25.6 Å². The van der Waals surface area contributed by atoms with Gasteiger partial charge in [0.1, 0.15) is 0 Å². The van der Waals surface area contributed by atoms with Gasteiger partial charge < -0.3 is 10.6 Å². The molecule has 0 bridgehead atoms. The van der Waals surface area contributed by atoms with E-state index < -0.39 is 9.84 Å². The minimum absolute atomic E-state index is 0. The van der Waals surface area contributed by atoms with Crippen LogP contribution in [-0.2, 0) is 9.84 Å². The van der Waals surface area contributed by atoms with E-state index in [1.807, 2.05) is 19.1 Å². The number of sulfone groups is 1. The van der Waals surface area contributed by atoms with Gasteiger partial charge in [0.2, 0.25) is 0 Å². The average Bonchev–Trinajstić information content (AvgIpc) is 3.09. The summed E-state index contributed by atoms with van der Waals surface area (Å²) in [6.45, 7) is 4.14. The van der Waals surface area contributed by atoms with Gasteiger partial charge in [-0.3, -0.25) is 4.99 Å². The minimum atomic E-state index is -2.86. The van der Waals surface area contributed by atoms with E-state index in [0.717, 1.165) is 31.9 Å². The van der Waals surface area contributed by atoms with E-state index >= 15 is 0 Å². The third kappa shape index (κ3) is 7.58. The number of rotatable bonds is 8. The highest BCUT2D eigenvalue weighted by Crippen LogP contribution is 2.27. The molecule has 1 unspecified atom stereocenters. The van der Waals surface area contributed by atoms with Crippen LogP contribution in [0.5, 0.6) is 0 Å². The summed E-state index contributed by atoms with van der Waals surface area (Å²) >= 11 is 0. The molecule has 0 aromatic heterocycles. The highest BCUT2D eigenvalue weighted by Gasteiger charge is 2.27. The predicted molar refractivity (Wildman–Crippen MR) is 136 cm³/mol. The van der Waals surface area contributed by atoms with Gasteiger partial charge in [0.15, 0.2) is 15.8 Å². The monoisotopic (exact) mass is 541 g/mol. The number of hydrogen-bond donors (Lipinski definition) is 2. The van der Waals surface area contributed by atoms with Crippen LogP contribution in [0.15, 0.2) is 65.7 Å². The Morgan fingerprint density at radius 1 is 1.03 bits per heavy atom. The summed E-state index contributed by atoms with van der Waals surface area (Å²) in [5.41, 5.74) is 2.61. The van der Waals surface area contributed by atoms with Gasteiger partial charge in [0.05, 0.1) is 11.5 Å². The van der Waals surface area contributed by atoms with Gasteiger partial charge in [-0.25, -0.2) is 8.42 Å². The van der Waals surface area contributed by atoms with E-state index in [4.69, 9.17) is 0 Å². The van der Waals surface area contributed by atoms with Crippen molar-refractivity contribution in [1.82, 2.24) is 10.6 Å². The largest absolute Gasteiger partial charge is 0.357 e. The molecule has 1 saturated heterocycles. The van der Waals surface area contributed by atoms with E-state index in [0.29, 0.717) is 18.2 Å². The standard InChI is InChI=1S/C23H31N3O2S.HI/c1-2-24-23(26-17-19-14-16-29(27,28)18-19)25-15-13-22(20-9-5-3-6-10-20)21-11-7-4-8-12-21;/h3-12,19,22H,2,13-18H2,1H3,(H2,24,25,26);1H. The number of aliphatic imine (C=N–C) groups is 1. The Morgan fingerprint density at radius 3 is 2.13 bits per heavy atom. The molecule has 0 radical (unpaired) electrons. The van der Waals surface area contributed by atoms with Crippen molar-refractivity contribution in [2.75, 3.05) is 31.1 Å². The second kappa shape index (κ2) is 12.3. The molecule has 5 nitrogen and oxygen atoms in total. The SMILES string of the molecule is CCNC(=NCC1CCS(=O)(=O)C1)NCCC(c1ccccc1)c1ccccc1.I. The van der Waals surface area contributed by atoms with Gasteiger partial charge >= 0.3 is 0 Å². The molecule has 30 heavy (non-hydrogen) atoms. The van der Waals surface area contributed by atoms with Crippen molar-refractivity contribution >= 4 is 39.8 Å². The number of hydrogen-bond acceptors (Lipinski definition) is 3. The van der Waals surface area contributed by atoms with Gasteiger partial charge in [-0.1, -0.05) is 60.7 Å². The highest BCUT2D eigenvalue weighted by atomic mass is 127. The summed E-state index contributed by atoms with van der Waals surface area (Å²) in [6.07, 6.45) is 1.66. The summed E-state index contributed by atoms with van der Waals surface area (Å²) in [4.78, 5) is 4.63. The quantitative estimate of drug-likeness (QED) is 0.303. The molecule has 0 saturated carbocycles. The summed E-state index contributed by atoms with van der Waals surface area (Å²) in [6, 6.07) is 21.1. The van der Waals surface area contributed by atoms with Crippen LogP contribution in [0, 0.1) is 5.92 Å². The normalized spacial score (nSPS) is 18.1. The number of nitrogens with zero attached hydrogens (tertiary/aromatic N) is 1. The Kier molecular flexibility index (Phi) is 10.1. The first-order chi connectivity index (χ1) is 14.1. The minimum Gasteiger partial charge on any atom is -0.357 e. The molecule has 2 N–H and O–H groups in total. The van der Waals surface area contributed by atoms with Crippen LogP contribution < -0.4 is 10.6 Å². The Balaban J connectivity index is 0.00000320. The summed E-state index contributed by atoms with van der Waals surface area (Å²) in [5.74, 6) is 1.77. The molecular formula is C23H32IN3O2S. The van der Waals surface area contributed by atoms with Crippen molar-refractivity contribution < 1.29 is 8.42 Å². The van der Waals surface area contributed by atoms with Gasteiger partial charge in [-0.05, 0) is 36.8 Å². The zero-order valence-electron chi connectivity index (χ0n) is 17.5. The molecule has 0 spiro atoms. The van der Waals surface area contributed by atoms with Crippen molar-refractivity contribution in [1.29, 1.82) is 0 Å². The van der Waals surface area contributed by atoms with Crippen molar-refractivity contribution in [2.24, 2.45) is 10.9 Å². The molecule has 7 heteroatoms. The number of nitrogens with one attached hydrogen (secondary N) is 2. The lowest BCUT2D eigenvalue weighted by molar-refractivity contribution is 0.589. The molecule has 2 aromatic carbocycles. The molecule has 1 aliphatic heterocycles. The maximum atomic E-state index is 11.6. The molecule has 1 atom stereocenters. The van der Waals surface area contributed by atoms with E-state index in [2.05, 4.69) is 64.2 Å². The second-order valence-corrected chi connectivity index (χ2v) is 9.81. The molecule has 0 amide bonds. The lowest BCUT2D eigenvalue weighted by Gasteiger charge is -2.19. The summed E-state index contributed by atoms with van der Waals surface area (Å²) in [7, 11) is -2.86. The topological polar surface area (TPSA) is 70.6 Å². The van der Waals surface area contributed by atoms with Gasteiger partial charge in [0.25, 0.3) is 0 Å². The molecule has 164 valence electrons. The van der Waals surface area contributed by atoms with Crippen LogP contribution in [0.4, 0.5) is 0 Å². The van der Waals surface area contributed by atoms with Crippen molar-refractivity contribution in [2.45, 2.75) is 25.7 Å². The fourth-order valence-corrected chi connectivity index (χ4v) is 5.66. The second-order valence-electron chi connectivity index (χ2n) is 7.58. The van der Waals surface area contributed by atoms with Crippen LogP contribution in [0.25, 0.3) is 0 Å². The van der Waals surface area contributed by atoms with E-state index in [-0.39, 0.29) is 35.6 Å². The van der Waals surface area contributed by atoms with Crippen molar-refractivity contribution in [3.8, 4) is 0 Å². The maximum Gasteiger partial charge on any atom is 0.191 e. The molecular weight excluding hydrogens is 509 g/mol. The molecule has 2 aromatic rings. The molecule has 3 rings (SSSR count). The number of halogens is 1. The third-order valence-corrected chi connectivity index (χ3v) is 7.14. The Bertz CT molecular complexity index is 850. The Morgan fingerprint density at radius 2 is 1.63 bits per heavy atom. The van der Waals surface area contributed by atoms with Crippen LogP contribution >= 0.6 is 24.0 Å². The molecule has 0 aliphatic carbocycles. The van der Waals surface area contributed by atoms with Crippen LogP contribution in [0.3, 0.4) is 0 Å². The summed E-state index contributed by atoms with van der Waals surface area (Å²) < 4.78 is 23.3. The van der Waals surface area contributed by atoms with E-state index in [1.165, 1.54) is 11.1 Å². The Hall–Kier alpha value is -1.61. The Labute approximate surface area is 197 Å². The van der Waals surface area contributed by atoms with E-state index in [9.17, 15) is 8.42 Å². The lowest BCUT2D eigenvalue weighted by atomic mass is 9.88. The molecule has 1 aliphatic rings. The fraction of sp³-hybridized carbons (Fsp3) is 0.435. The number of guanidine groups is 1. The van der Waals surface area contributed by atoms with Gasteiger partial charge in [-0.2, -0.15) is 0 Å². The molecule has 1 heterocycles. The zero-order chi connectivity index (χ0) is 20.5. The average molecular weight is 541 g/mol. The fourth-order valence-electron chi connectivity index (χ4n) is 3.81. The van der Waals surface area contributed by atoms with Crippen molar-refractivity contribution in [3.05, 3.63) is 71.8 Å². The van der Waals surface area contributed by atoms with Crippen LogP contribution in [0.2, 0.25) is 0 Å². The first-order valence-corrected chi connectivity index (χ1v) is 12.2. The van der Waals surface area contributed by atoms with Gasteiger partial charge in [-0.15, -0.1) is 24.0 Å². The van der Waals surface area contributed by atoms with Crippen LogP contribution in [0.1, 0.15) is 36.8 Å². The van der Waals surface area contributed by atoms with Crippen LogP contribution in [-0.4, -0.2) is 45.5 Å². The lowest BCUT2D eigenvalue weighted by Crippen LogP contribution is -2.38. The predicted octanol–water partition coefficient (Wildman–Crippen LogP) is 3.82.